The molecule has 0 amide bonds. The lowest BCUT2D eigenvalue weighted by Gasteiger charge is -2.33. The van der Waals surface area contributed by atoms with Gasteiger partial charge in [-0.1, -0.05) is 6.08 Å². The standard InChI is InChI=1S/C13H19FO/c14-13-7-5-12(6-8-13)11-3-1-10(9-15)2-4-11/h7,9-12H,1-6,8H2. The smallest absolute Gasteiger partial charge is 0.123 e. The zero-order valence-corrected chi connectivity index (χ0v) is 9.12. The van der Waals surface area contributed by atoms with Crippen LogP contribution < -0.4 is 0 Å². The van der Waals surface area contributed by atoms with Gasteiger partial charge in [0.25, 0.3) is 0 Å². The summed E-state index contributed by atoms with van der Waals surface area (Å²) >= 11 is 0. The van der Waals surface area contributed by atoms with E-state index in [4.69, 9.17) is 0 Å². The highest BCUT2D eigenvalue weighted by atomic mass is 19.1. The Bertz CT molecular complexity index is 251. The molecule has 1 nitrogen and oxygen atoms in total. The van der Waals surface area contributed by atoms with Crippen molar-refractivity contribution in [3.05, 3.63) is 11.9 Å². The van der Waals surface area contributed by atoms with E-state index >= 15 is 0 Å². The van der Waals surface area contributed by atoms with Crippen molar-refractivity contribution >= 4 is 6.29 Å². The van der Waals surface area contributed by atoms with Gasteiger partial charge in [-0.2, -0.15) is 0 Å². The molecule has 1 saturated carbocycles. The van der Waals surface area contributed by atoms with Gasteiger partial charge in [0.15, 0.2) is 0 Å². The largest absolute Gasteiger partial charge is 0.303 e. The minimum absolute atomic E-state index is 0.0767. The van der Waals surface area contributed by atoms with E-state index in [1.54, 1.807) is 6.08 Å². The number of hydrogen-bond donors (Lipinski definition) is 0. The molecule has 2 aliphatic carbocycles. The fourth-order valence-electron chi connectivity index (χ4n) is 3.00. The molecule has 1 atom stereocenters. The maximum absolute atomic E-state index is 12.9. The highest BCUT2D eigenvalue weighted by Crippen LogP contribution is 2.39. The van der Waals surface area contributed by atoms with E-state index in [0.29, 0.717) is 18.3 Å². The Morgan fingerprint density at radius 2 is 1.87 bits per heavy atom. The minimum Gasteiger partial charge on any atom is -0.303 e. The van der Waals surface area contributed by atoms with E-state index < -0.39 is 0 Å². The maximum atomic E-state index is 12.9. The molecule has 0 aromatic carbocycles. The summed E-state index contributed by atoms with van der Waals surface area (Å²) in [5.74, 6) is 1.80. The molecule has 0 radical (unpaired) electrons. The second-order valence-electron chi connectivity index (χ2n) is 5.00. The van der Waals surface area contributed by atoms with Crippen molar-refractivity contribution < 1.29 is 9.18 Å². The third-order valence-electron chi connectivity index (χ3n) is 4.07. The molecule has 2 heteroatoms. The molecule has 0 spiro atoms. The first kappa shape index (κ1) is 10.8. The van der Waals surface area contributed by atoms with Gasteiger partial charge in [0.1, 0.15) is 6.29 Å². The minimum atomic E-state index is 0.0767. The summed E-state index contributed by atoms with van der Waals surface area (Å²) in [6.07, 6.45) is 9.89. The molecule has 2 aliphatic rings. The van der Waals surface area contributed by atoms with Crippen molar-refractivity contribution in [2.45, 2.75) is 44.9 Å². The Morgan fingerprint density at radius 3 is 2.40 bits per heavy atom. The van der Waals surface area contributed by atoms with Crippen LogP contribution in [0.15, 0.2) is 11.9 Å². The molecule has 0 aromatic heterocycles. The molecule has 0 aliphatic heterocycles. The van der Waals surface area contributed by atoms with Gasteiger partial charge in [-0.15, -0.1) is 0 Å². The number of halogens is 1. The summed E-state index contributed by atoms with van der Waals surface area (Å²) in [7, 11) is 0. The van der Waals surface area contributed by atoms with Gasteiger partial charge in [-0.05, 0) is 56.8 Å². The van der Waals surface area contributed by atoms with Gasteiger partial charge in [0.05, 0.1) is 5.83 Å². The van der Waals surface area contributed by atoms with Gasteiger partial charge in [0.2, 0.25) is 0 Å². The number of carbonyl (C=O) groups is 1. The Labute approximate surface area is 90.7 Å². The average Bonchev–Trinajstić information content (AvgIpc) is 2.30. The van der Waals surface area contributed by atoms with E-state index in [1.807, 2.05) is 0 Å². The Balaban J connectivity index is 1.83. The zero-order chi connectivity index (χ0) is 10.7. The Kier molecular flexibility index (Phi) is 3.55. The monoisotopic (exact) mass is 210 g/mol. The molecule has 0 N–H and O–H groups in total. The number of hydrogen-bond acceptors (Lipinski definition) is 1. The van der Waals surface area contributed by atoms with E-state index in [-0.39, 0.29) is 5.83 Å². The van der Waals surface area contributed by atoms with Crippen LogP contribution in [0.5, 0.6) is 0 Å². The lowest BCUT2D eigenvalue weighted by molar-refractivity contribution is -0.112. The summed E-state index contributed by atoms with van der Waals surface area (Å²) in [5, 5.41) is 0. The van der Waals surface area contributed by atoms with E-state index in [9.17, 15) is 9.18 Å². The van der Waals surface area contributed by atoms with E-state index in [1.165, 1.54) is 12.8 Å². The first-order valence-electron chi connectivity index (χ1n) is 6.09. The van der Waals surface area contributed by atoms with Gasteiger partial charge in [-0.3, -0.25) is 0 Å². The second kappa shape index (κ2) is 4.91. The summed E-state index contributed by atoms with van der Waals surface area (Å²) < 4.78 is 12.9. The third kappa shape index (κ3) is 2.67. The molecule has 0 saturated heterocycles. The summed E-state index contributed by atoms with van der Waals surface area (Å²) in [6, 6.07) is 0. The van der Waals surface area contributed by atoms with Crippen LogP contribution in [-0.4, -0.2) is 6.29 Å². The maximum Gasteiger partial charge on any atom is 0.123 e. The van der Waals surface area contributed by atoms with Crippen LogP contribution in [0.1, 0.15) is 44.9 Å². The predicted molar refractivity (Wildman–Crippen MR) is 58.0 cm³/mol. The fraction of sp³-hybridized carbons (Fsp3) is 0.769. The van der Waals surface area contributed by atoms with Crippen molar-refractivity contribution in [2.24, 2.45) is 17.8 Å². The van der Waals surface area contributed by atoms with Crippen LogP contribution in [0.2, 0.25) is 0 Å². The summed E-state index contributed by atoms with van der Waals surface area (Å²) in [4.78, 5) is 10.6. The molecule has 1 unspecified atom stereocenters. The highest BCUT2D eigenvalue weighted by Gasteiger charge is 2.28. The number of allylic oxidation sites excluding steroid dienone is 2. The molecule has 0 aromatic rings. The lowest BCUT2D eigenvalue weighted by Crippen LogP contribution is -2.23. The molecular weight excluding hydrogens is 191 g/mol. The van der Waals surface area contributed by atoms with Crippen molar-refractivity contribution in [1.82, 2.24) is 0 Å². The van der Waals surface area contributed by atoms with Crippen molar-refractivity contribution in [1.29, 1.82) is 0 Å². The third-order valence-corrected chi connectivity index (χ3v) is 4.07. The zero-order valence-electron chi connectivity index (χ0n) is 9.12. The second-order valence-corrected chi connectivity index (χ2v) is 5.00. The topological polar surface area (TPSA) is 17.1 Å². The number of carbonyl (C=O) groups excluding carboxylic acids is 1. The fourth-order valence-corrected chi connectivity index (χ4v) is 3.00. The quantitative estimate of drug-likeness (QED) is 0.636. The van der Waals surface area contributed by atoms with E-state index in [2.05, 4.69) is 0 Å². The predicted octanol–water partition coefficient (Wildman–Crippen LogP) is 3.65. The van der Waals surface area contributed by atoms with Gasteiger partial charge >= 0.3 is 0 Å². The molecule has 1 fully saturated rings. The highest BCUT2D eigenvalue weighted by molar-refractivity contribution is 5.53. The van der Waals surface area contributed by atoms with Crippen LogP contribution in [0.4, 0.5) is 4.39 Å². The van der Waals surface area contributed by atoms with Gasteiger partial charge in [-0.25, -0.2) is 4.39 Å². The van der Waals surface area contributed by atoms with Crippen LogP contribution in [0.3, 0.4) is 0 Å². The van der Waals surface area contributed by atoms with Crippen LogP contribution >= 0.6 is 0 Å². The number of rotatable bonds is 2. The molecule has 0 bridgehead atoms. The first-order valence-corrected chi connectivity index (χ1v) is 6.09. The molecule has 0 heterocycles. The molecule has 2 rings (SSSR count). The number of aldehydes is 1. The van der Waals surface area contributed by atoms with Crippen LogP contribution in [-0.2, 0) is 4.79 Å². The molecular formula is C13H19FO. The summed E-state index contributed by atoms with van der Waals surface area (Å²) in [5.41, 5.74) is 0. The lowest BCUT2D eigenvalue weighted by atomic mass is 9.72. The Morgan fingerprint density at radius 1 is 1.13 bits per heavy atom. The van der Waals surface area contributed by atoms with Crippen molar-refractivity contribution in [2.75, 3.05) is 0 Å². The van der Waals surface area contributed by atoms with Gasteiger partial charge < -0.3 is 4.79 Å². The Hall–Kier alpha value is -0.660. The first-order chi connectivity index (χ1) is 7.29. The van der Waals surface area contributed by atoms with Crippen molar-refractivity contribution in [3.8, 4) is 0 Å². The van der Waals surface area contributed by atoms with Crippen molar-refractivity contribution in [3.63, 3.8) is 0 Å². The average molecular weight is 210 g/mol. The SMILES string of the molecule is O=CC1CCC(C2CC=C(F)CC2)CC1. The summed E-state index contributed by atoms with van der Waals surface area (Å²) in [6.45, 7) is 0. The normalized spacial score (nSPS) is 37.1. The van der Waals surface area contributed by atoms with Crippen LogP contribution in [0.25, 0.3) is 0 Å². The van der Waals surface area contributed by atoms with Gasteiger partial charge in [0, 0.05) is 5.92 Å². The molecule has 84 valence electrons. The van der Waals surface area contributed by atoms with E-state index in [0.717, 1.165) is 37.9 Å². The van der Waals surface area contributed by atoms with Crippen LogP contribution in [0, 0.1) is 17.8 Å². The molecule has 15 heavy (non-hydrogen) atoms.